The fraction of sp³-hybridized carbons (Fsp3) is 0.286. The van der Waals surface area contributed by atoms with Crippen LogP contribution in [0.15, 0.2) is 24.4 Å². The third-order valence-electron chi connectivity index (χ3n) is 3.28. The lowest BCUT2D eigenvalue weighted by Gasteiger charge is -2.15. The van der Waals surface area contributed by atoms with E-state index in [0.717, 1.165) is 26.2 Å². The highest BCUT2D eigenvalue weighted by Crippen LogP contribution is 2.32. The maximum atomic E-state index is 6.05. The van der Waals surface area contributed by atoms with Gasteiger partial charge < -0.3 is 4.57 Å². The summed E-state index contributed by atoms with van der Waals surface area (Å²) in [5.74, 6) is 1.42. The summed E-state index contributed by atoms with van der Waals surface area (Å²) < 4.78 is 2.88. The van der Waals surface area contributed by atoms with Crippen LogP contribution in [-0.4, -0.2) is 20.4 Å². The van der Waals surface area contributed by atoms with Crippen molar-refractivity contribution in [1.29, 1.82) is 0 Å². The molecule has 1 atom stereocenters. The molecule has 0 N–H and O–H groups in total. The van der Waals surface area contributed by atoms with E-state index in [2.05, 4.69) is 21.5 Å². The SMILES string of the molecule is CC(c1ccc(Cl)s1)n1c(CCCl)nc2cc(Cl)cnc21. The van der Waals surface area contributed by atoms with Gasteiger partial charge in [-0.25, -0.2) is 9.97 Å². The average molecular weight is 361 g/mol. The molecule has 0 aliphatic rings. The number of pyridine rings is 1. The molecule has 3 aromatic rings. The average Bonchev–Trinajstić information content (AvgIpc) is 3.01. The third kappa shape index (κ3) is 2.90. The molecule has 3 nitrogen and oxygen atoms in total. The number of aromatic nitrogens is 3. The number of halogens is 3. The van der Waals surface area contributed by atoms with Crippen molar-refractivity contribution in [2.24, 2.45) is 0 Å². The highest BCUT2D eigenvalue weighted by Gasteiger charge is 2.19. The lowest BCUT2D eigenvalue weighted by molar-refractivity contribution is 0.628. The summed E-state index contributed by atoms with van der Waals surface area (Å²) in [7, 11) is 0. The summed E-state index contributed by atoms with van der Waals surface area (Å²) in [5.41, 5.74) is 1.61. The number of thiophene rings is 1. The first-order chi connectivity index (χ1) is 10.1. The van der Waals surface area contributed by atoms with Crippen molar-refractivity contribution in [3.63, 3.8) is 0 Å². The summed E-state index contributed by atoms with van der Waals surface area (Å²) in [6, 6.07) is 5.86. The van der Waals surface area contributed by atoms with Gasteiger partial charge in [0, 0.05) is 23.4 Å². The molecule has 7 heteroatoms. The molecular weight excluding hydrogens is 349 g/mol. The minimum absolute atomic E-state index is 0.0967. The van der Waals surface area contributed by atoms with Crippen LogP contribution in [0.1, 0.15) is 23.7 Å². The molecule has 0 fully saturated rings. The fourth-order valence-electron chi connectivity index (χ4n) is 2.35. The Bertz CT molecular complexity index is 781. The van der Waals surface area contributed by atoms with Crippen molar-refractivity contribution in [1.82, 2.24) is 14.5 Å². The number of nitrogens with zero attached hydrogens (tertiary/aromatic N) is 3. The van der Waals surface area contributed by atoms with Gasteiger partial charge in [0.15, 0.2) is 5.65 Å². The van der Waals surface area contributed by atoms with Crippen LogP contribution in [0.2, 0.25) is 9.36 Å². The number of hydrogen-bond acceptors (Lipinski definition) is 3. The van der Waals surface area contributed by atoms with Crippen LogP contribution >= 0.6 is 46.1 Å². The zero-order chi connectivity index (χ0) is 15.0. The molecule has 0 aliphatic carbocycles. The van der Waals surface area contributed by atoms with E-state index in [1.807, 2.05) is 18.2 Å². The Labute approximate surface area is 141 Å². The number of imidazole rings is 1. The minimum atomic E-state index is 0.0967. The minimum Gasteiger partial charge on any atom is -0.304 e. The maximum absolute atomic E-state index is 6.05. The molecule has 0 radical (unpaired) electrons. The first-order valence-electron chi connectivity index (χ1n) is 6.43. The number of fused-ring (bicyclic) bond motifs is 1. The zero-order valence-corrected chi connectivity index (χ0v) is 14.3. The smallest absolute Gasteiger partial charge is 0.160 e. The van der Waals surface area contributed by atoms with Crippen molar-refractivity contribution in [3.05, 3.63) is 44.5 Å². The van der Waals surface area contributed by atoms with Gasteiger partial charge in [0.1, 0.15) is 11.3 Å². The molecule has 0 aromatic carbocycles. The monoisotopic (exact) mass is 359 g/mol. The first kappa shape index (κ1) is 15.1. The standard InChI is InChI=1S/C14H12Cl3N3S/c1-8(11-2-3-12(17)21-11)20-13(4-5-15)19-10-6-9(16)7-18-14(10)20/h2-3,6-8H,4-5H2,1H3. The van der Waals surface area contributed by atoms with Crippen LogP contribution < -0.4 is 0 Å². The molecule has 3 rings (SSSR count). The first-order valence-corrected chi connectivity index (χ1v) is 8.54. The normalized spacial score (nSPS) is 13.0. The van der Waals surface area contributed by atoms with Crippen molar-refractivity contribution in [2.75, 3.05) is 5.88 Å². The van der Waals surface area contributed by atoms with Crippen LogP contribution in [0.4, 0.5) is 0 Å². The summed E-state index contributed by atoms with van der Waals surface area (Å²) in [5, 5.41) is 0.580. The van der Waals surface area contributed by atoms with E-state index >= 15 is 0 Å². The van der Waals surface area contributed by atoms with E-state index in [-0.39, 0.29) is 6.04 Å². The van der Waals surface area contributed by atoms with Gasteiger partial charge in [-0.3, -0.25) is 0 Å². The van der Waals surface area contributed by atoms with Crippen molar-refractivity contribution < 1.29 is 0 Å². The topological polar surface area (TPSA) is 30.7 Å². The van der Waals surface area contributed by atoms with Crippen LogP contribution in [-0.2, 0) is 6.42 Å². The van der Waals surface area contributed by atoms with Gasteiger partial charge in [-0.15, -0.1) is 22.9 Å². The van der Waals surface area contributed by atoms with Gasteiger partial charge >= 0.3 is 0 Å². The lowest BCUT2D eigenvalue weighted by atomic mass is 10.2. The van der Waals surface area contributed by atoms with E-state index in [4.69, 9.17) is 34.8 Å². The molecule has 0 spiro atoms. The van der Waals surface area contributed by atoms with Gasteiger partial charge in [-0.05, 0) is 25.1 Å². The Morgan fingerprint density at radius 3 is 2.81 bits per heavy atom. The number of alkyl halides is 1. The number of rotatable bonds is 4. The Morgan fingerprint density at radius 2 is 2.14 bits per heavy atom. The molecule has 0 saturated carbocycles. The molecule has 3 aromatic heterocycles. The molecule has 0 aliphatic heterocycles. The predicted octanol–water partition coefficient (Wildman–Crippen LogP) is 5.19. The molecule has 0 bridgehead atoms. The quantitative estimate of drug-likeness (QED) is 0.599. The Hall–Kier alpha value is -0.810. The molecule has 0 amide bonds. The highest BCUT2D eigenvalue weighted by molar-refractivity contribution is 7.16. The predicted molar refractivity (Wildman–Crippen MR) is 90.1 cm³/mol. The summed E-state index contributed by atoms with van der Waals surface area (Å²) >= 11 is 19.5. The maximum Gasteiger partial charge on any atom is 0.160 e. The van der Waals surface area contributed by atoms with E-state index in [0.29, 0.717) is 17.3 Å². The molecular formula is C14H12Cl3N3S. The van der Waals surface area contributed by atoms with Gasteiger partial charge in [-0.2, -0.15) is 0 Å². The van der Waals surface area contributed by atoms with Crippen LogP contribution in [0.3, 0.4) is 0 Å². The second-order valence-corrected chi connectivity index (χ2v) is 7.21. The summed E-state index contributed by atoms with van der Waals surface area (Å²) in [6.07, 6.45) is 2.32. The lowest BCUT2D eigenvalue weighted by Crippen LogP contribution is -2.10. The fourth-order valence-corrected chi connectivity index (χ4v) is 3.78. The zero-order valence-electron chi connectivity index (χ0n) is 11.2. The van der Waals surface area contributed by atoms with E-state index < -0.39 is 0 Å². The largest absolute Gasteiger partial charge is 0.304 e. The number of aryl methyl sites for hydroxylation is 1. The van der Waals surface area contributed by atoms with E-state index in [1.165, 1.54) is 0 Å². The van der Waals surface area contributed by atoms with Crippen molar-refractivity contribution in [2.45, 2.75) is 19.4 Å². The Morgan fingerprint density at radius 1 is 1.33 bits per heavy atom. The van der Waals surface area contributed by atoms with Crippen LogP contribution in [0.5, 0.6) is 0 Å². The molecule has 1 unspecified atom stereocenters. The van der Waals surface area contributed by atoms with Crippen molar-refractivity contribution in [3.8, 4) is 0 Å². The summed E-state index contributed by atoms with van der Waals surface area (Å²) in [6.45, 7) is 2.11. The van der Waals surface area contributed by atoms with E-state index in [9.17, 15) is 0 Å². The van der Waals surface area contributed by atoms with Gasteiger partial charge in [0.05, 0.1) is 15.4 Å². The Kier molecular flexibility index (Phi) is 4.41. The molecule has 0 saturated heterocycles. The van der Waals surface area contributed by atoms with Gasteiger partial charge in [0.25, 0.3) is 0 Å². The van der Waals surface area contributed by atoms with Gasteiger partial charge in [-0.1, -0.05) is 23.2 Å². The van der Waals surface area contributed by atoms with Crippen LogP contribution in [0, 0.1) is 0 Å². The summed E-state index contributed by atoms with van der Waals surface area (Å²) in [4.78, 5) is 10.2. The third-order valence-corrected chi connectivity index (χ3v) is 5.08. The van der Waals surface area contributed by atoms with Gasteiger partial charge in [0.2, 0.25) is 0 Å². The molecule has 3 heterocycles. The molecule has 21 heavy (non-hydrogen) atoms. The van der Waals surface area contributed by atoms with Crippen LogP contribution in [0.25, 0.3) is 11.2 Å². The van der Waals surface area contributed by atoms with Crippen molar-refractivity contribution >= 4 is 57.3 Å². The second kappa shape index (κ2) is 6.13. The molecule has 110 valence electrons. The highest BCUT2D eigenvalue weighted by atomic mass is 35.5. The van der Waals surface area contributed by atoms with E-state index in [1.54, 1.807) is 17.5 Å². The number of hydrogen-bond donors (Lipinski definition) is 0. The second-order valence-electron chi connectivity index (χ2n) is 4.65. The Balaban J connectivity index is 2.16.